The average Bonchev–Trinajstić information content (AvgIpc) is 2.72. The Labute approximate surface area is 110 Å². The van der Waals surface area contributed by atoms with Gasteiger partial charge in [0.15, 0.2) is 9.84 Å². The Hall–Kier alpha value is -0.790. The molecule has 0 aromatic rings. The van der Waals surface area contributed by atoms with Crippen molar-refractivity contribution in [2.45, 2.75) is 49.6 Å². The number of hydrogen-bond donors (Lipinski definition) is 0. The second-order valence-electron chi connectivity index (χ2n) is 4.99. The van der Waals surface area contributed by atoms with Crippen LogP contribution >= 0.6 is 0 Å². The highest BCUT2D eigenvalue weighted by Gasteiger charge is 2.39. The van der Waals surface area contributed by atoms with Gasteiger partial charge in [0.05, 0.1) is 11.7 Å². The molecule has 0 aliphatic heterocycles. The second kappa shape index (κ2) is 5.68. The van der Waals surface area contributed by atoms with Gasteiger partial charge in [-0.25, -0.2) is 8.42 Å². The molecule has 112 valence electrons. The first-order valence-electron chi connectivity index (χ1n) is 6.03. The van der Waals surface area contributed by atoms with Gasteiger partial charge in [0, 0.05) is 25.8 Å². The summed E-state index contributed by atoms with van der Waals surface area (Å²) in [5.74, 6) is -0.655. The monoisotopic (exact) mass is 301 g/mol. The molecule has 1 aliphatic rings. The maximum Gasteiger partial charge on any atom is 0.389 e. The van der Waals surface area contributed by atoms with Crippen molar-refractivity contribution in [3.63, 3.8) is 0 Å². The van der Waals surface area contributed by atoms with E-state index in [2.05, 4.69) is 0 Å². The molecule has 0 unspecified atom stereocenters. The third-order valence-electron chi connectivity index (χ3n) is 3.48. The van der Waals surface area contributed by atoms with Crippen LogP contribution < -0.4 is 0 Å². The van der Waals surface area contributed by atoms with Crippen molar-refractivity contribution in [3.05, 3.63) is 0 Å². The normalized spacial score (nSPS) is 24.5. The third-order valence-corrected chi connectivity index (χ3v) is 5.13. The molecule has 0 radical (unpaired) electrons. The van der Waals surface area contributed by atoms with Crippen molar-refractivity contribution >= 4 is 15.7 Å². The topological polar surface area (TPSA) is 54.5 Å². The Morgan fingerprint density at radius 1 is 1.32 bits per heavy atom. The van der Waals surface area contributed by atoms with E-state index in [0.29, 0.717) is 19.3 Å². The molecule has 0 heterocycles. The summed E-state index contributed by atoms with van der Waals surface area (Å²) in [5.41, 5.74) is 0. The van der Waals surface area contributed by atoms with E-state index in [1.54, 1.807) is 0 Å². The number of amides is 1. The molecular weight excluding hydrogens is 283 g/mol. The number of halogens is 3. The van der Waals surface area contributed by atoms with E-state index in [-0.39, 0.29) is 0 Å². The van der Waals surface area contributed by atoms with E-state index in [1.165, 1.54) is 11.9 Å². The van der Waals surface area contributed by atoms with Crippen molar-refractivity contribution in [2.75, 3.05) is 13.3 Å². The highest BCUT2D eigenvalue weighted by molar-refractivity contribution is 7.91. The zero-order chi connectivity index (χ0) is 14.8. The summed E-state index contributed by atoms with van der Waals surface area (Å²) in [7, 11) is -1.91. The Morgan fingerprint density at radius 2 is 1.89 bits per heavy atom. The van der Waals surface area contributed by atoms with Crippen LogP contribution in [-0.4, -0.2) is 50.0 Å². The lowest BCUT2D eigenvalue weighted by Crippen LogP contribution is -2.44. The van der Waals surface area contributed by atoms with Gasteiger partial charge >= 0.3 is 6.18 Å². The average molecular weight is 301 g/mol. The number of hydrogen-bond acceptors (Lipinski definition) is 3. The van der Waals surface area contributed by atoms with Crippen LogP contribution in [0.25, 0.3) is 0 Å². The van der Waals surface area contributed by atoms with E-state index in [9.17, 15) is 26.4 Å². The minimum absolute atomic E-state index is 0.459. The van der Waals surface area contributed by atoms with Crippen LogP contribution in [0.3, 0.4) is 0 Å². The summed E-state index contributed by atoms with van der Waals surface area (Å²) in [6.45, 7) is 0. The minimum Gasteiger partial charge on any atom is -0.341 e. The lowest BCUT2D eigenvalue weighted by Gasteiger charge is -2.29. The molecule has 4 nitrogen and oxygen atoms in total. The first-order chi connectivity index (χ1) is 8.52. The fourth-order valence-corrected chi connectivity index (χ4v) is 3.94. The molecule has 8 heteroatoms. The molecule has 0 saturated heterocycles. The molecule has 1 rings (SSSR count). The van der Waals surface area contributed by atoms with E-state index >= 15 is 0 Å². The smallest absolute Gasteiger partial charge is 0.341 e. The Bertz CT molecular complexity index is 433. The maximum absolute atomic E-state index is 12.1. The fourth-order valence-electron chi connectivity index (χ4n) is 2.46. The third kappa shape index (κ3) is 4.67. The fraction of sp³-hybridized carbons (Fsp3) is 0.909. The predicted molar refractivity (Wildman–Crippen MR) is 64.3 cm³/mol. The molecule has 19 heavy (non-hydrogen) atoms. The number of nitrogens with zero attached hydrogens (tertiary/aromatic N) is 1. The van der Waals surface area contributed by atoms with Crippen LogP contribution in [-0.2, 0) is 14.6 Å². The number of alkyl halides is 3. The molecule has 0 bridgehead atoms. The maximum atomic E-state index is 12.1. The van der Waals surface area contributed by atoms with Gasteiger partial charge in [0.25, 0.3) is 0 Å². The summed E-state index contributed by atoms with van der Waals surface area (Å²) in [5, 5.41) is -0.660. The molecule has 0 aromatic heterocycles. The van der Waals surface area contributed by atoms with Gasteiger partial charge in [-0.05, 0) is 19.3 Å². The molecular formula is C11H18F3NO3S. The zero-order valence-electron chi connectivity index (χ0n) is 10.9. The van der Waals surface area contributed by atoms with Gasteiger partial charge in [-0.15, -0.1) is 0 Å². The van der Waals surface area contributed by atoms with Crippen LogP contribution in [0.5, 0.6) is 0 Å². The van der Waals surface area contributed by atoms with Crippen molar-refractivity contribution in [2.24, 2.45) is 0 Å². The standard InChI is InChI=1S/C11H18F3NO3S/c1-15(10(16)6-7-11(12,13)14)8-4-3-5-9(8)19(2,17)18/h8-9H,3-7H2,1-2H3/t8-,9-/m1/s1. The first kappa shape index (κ1) is 16.3. The molecule has 0 spiro atoms. The SMILES string of the molecule is CN(C(=O)CCC(F)(F)F)[C@@H]1CCC[C@H]1S(C)(=O)=O. The quantitative estimate of drug-likeness (QED) is 0.795. The molecule has 1 saturated carbocycles. The van der Waals surface area contributed by atoms with E-state index < -0.39 is 46.1 Å². The van der Waals surface area contributed by atoms with Crippen molar-refractivity contribution < 1.29 is 26.4 Å². The van der Waals surface area contributed by atoms with Gasteiger partial charge in [0.2, 0.25) is 5.91 Å². The Kier molecular flexibility index (Phi) is 4.86. The largest absolute Gasteiger partial charge is 0.389 e. The highest BCUT2D eigenvalue weighted by atomic mass is 32.2. The lowest BCUT2D eigenvalue weighted by atomic mass is 10.2. The number of carbonyl (C=O) groups excluding carboxylic acids is 1. The zero-order valence-corrected chi connectivity index (χ0v) is 11.7. The molecule has 2 atom stereocenters. The number of rotatable bonds is 4. The summed E-state index contributed by atoms with van der Waals surface area (Å²) >= 11 is 0. The van der Waals surface area contributed by atoms with E-state index in [1.807, 2.05) is 0 Å². The van der Waals surface area contributed by atoms with E-state index in [4.69, 9.17) is 0 Å². The van der Waals surface area contributed by atoms with Crippen LogP contribution in [0.4, 0.5) is 13.2 Å². The lowest BCUT2D eigenvalue weighted by molar-refractivity contribution is -0.149. The van der Waals surface area contributed by atoms with Gasteiger partial charge in [-0.2, -0.15) is 13.2 Å². The molecule has 0 aromatic carbocycles. The molecule has 0 N–H and O–H groups in total. The number of carbonyl (C=O) groups is 1. The van der Waals surface area contributed by atoms with Crippen molar-refractivity contribution in [1.82, 2.24) is 4.90 Å². The van der Waals surface area contributed by atoms with Crippen LogP contribution in [0.2, 0.25) is 0 Å². The van der Waals surface area contributed by atoms with Gasteiger partial charge < -0.3 is 4.90 Å². The molecule has 1 aliphatic carbocycles. The summed E-state index contributed by atoms with van der Waals surface area (Å²) < 4.78 is 59.3. The Balaban J connectivity index is 2.66. The van der Waals surface area contributed by atoms with Crippen molar-refractivity contribution in [1.29, 1.82) is 0 Å². The first-order valence-corrected chi connectivity index (χ1v) is 7.99. The summed E-state index contributed by atoms with van der Waals surface area (Å²) in [4.78, 5) is 12.9. The van der Waals surface area contributed by atoms with Gasteiger partial charge in [0.1, 0.15) is 0 Å². The van der Waals surface area contributed by atoms with Crippen molar-refractivity contribution in [3.8, 4) is 0 Å². The summed E-state index contributed by atoms with van der Waals surface area (Å²) in [6.07, 6.45) is -3.43. The second-order valence-corrected chi connectivity index (χ2v) is 7.25. The van der Waals surface area contributed by atoms with Gasteiger partial charge in [-0.1, -0.05) is 0 Å². The molecule has 1 fully saturated rings. The number of sulfone groups is 1. The van der Waals surface area contributed by atoms with E-state index in [0.717, 1.165) is 6.26 Å². The van der Waals surface area contributed by atoms with Gasteiger partial charge in [-0.3, -0.25) is 4.79 Å². The molecule has 1 amide bonds. The minimum atomic E-state index is -4.37. The summed E-state index contributed by atoms with van der Waals surface area (Å²) in [6, 6.07) is -0.504. The van der Waals surface area contributed by atoms with Crippen LogP contribution in [0.15, 0.2) is 0 Å². The van der Waals surface area contributed by atoms with Crippen LogP contribution in [0.1, 0.15) is 32.1 Å². The van der Waals surface area contributed by atoms with Crippen LogP contribution in [0, 0.1) is 0 Å². The Morgan fingerprint density at radius 3 is 2.37 bits per heavy atom. The predicted octanol–water partition coefficient (Wildman–Crippen LogP) is 1.75. The highest BCUT2D eigenvalue weighted by Crippen LogP contribution is 2.30.